The molecule has 1 fully saturated rings. The fraction of sp³-hybridized carbons (Fsp3) is 1.00. The van der Waals surface area contributed by atoms with Crippen molar-refractivity contribution in [2.24, 2.45) is 5.92 Å². The number of nitrogens with one attached hydrogen (secondary N) is 1. The first kappa shape index (κ1) is 14.0. The Morgan fingerprint density at radius 3 is 2.56 bits per heavy atom. The molecule has 16 heavy (non-hydrogen) atoms. The fourth-order valence-electron chi connectivity index (χ4n) is 3.00. The predicted molar refractivity (Wildman–Crippen MR) is 71.8 cm³/mol. The molecule has 3 atom stereocenters. The molecule has 1 saturated carbocycles. The van der Waals surface area contributed by atoms with E-state index >= 15 is 0 Å². The maximum Gasteiger partial charge on any atom is 0.0248 e. The summed E-state index contributed by atoms with van der Waals surface area (Å²) in [7, 11) is 4.43. The summed E-state index contributed by atoms with van der Waals surface area (Å²) in [6, 6.07) is 1.47. The van der Waals surface area contributed by atoms with Crippen LogP contribution < -0.4 is 5.32 Å². The molecule has 2 nitrogen and oxygen atoms in total. The Labute approximate surface area is 102 Å². The van der Waals surface area contributed by atoms with Crippen molar-refractivity contribution in [2.75, 3.05) is 20.6 Å². The normalized spacial score (nSPS) is 30.9. The summed E-state index contributed by atoms with van der Waals surface area (Å²) in [5, 5.41) is 3.51. The van der Waals surface area contributed by atoms with Crippen molar-refractivity contribution < 1.29 is 0 Å². The Kier molecular flexibility index (Phi) is 6.37. The lowest BCUT2D eigenvalue weighted by molar-refractivity contribution is 0.120. The van der Waals surface area contributed by atoms with Crippen molar-refractivity contribution in [1.29, 1.82) is 0 Å². The summed E-state index contributed by atoms with van der Waals surface area (Å²) in [5.41, 5.74) is 0. The highest BCUT2D eigenvalue weighted by molar-refractivity contribution is 4.89. The molecule has 0 aromatic rings. The van der Waals surface area contributed by atoms with Gasteiger partial charge < -0.3 is 10.2 Å². The highest BCUT2D eigenvalue weighted by Gasteiger charge is 2.30. The van der Waals surface area contributed by atoms with E-state index in [0.717, 1.165) is 12.0 Å². The minimum atomic E-state index is 0.713. The molecule has 2 heteroatoms. The number of hydrogen-bond donors (Lipinski definition) is 1. The van der Waals surface area contributed by atoms with Crippen LogP contribution in [0.2, 0.25) is 0 Å². The van der Waals surface area contributed by atoms with Crippen molar-refractivity contribution in [3.05, 3.63) is 0 Å². The standard InChI is InChI=1S/C14H30N2/c1-5-7-10-16(4)14-11-12(6-2)8-9-13(14)15-3/h12-15H,5-11H2,1-4H3. The topological polar surface area (TPSA) is 15.3 Å². The monoisotopic (exact) mass is 226 g/mol. The van der Waals surface area contributed by atoms with Gasteiger partial charge in [-0.2, -0.15) is 0 Å². The van der Waals surface area contributed by atoms with Crippen LogP contribution in [-0.2, 0) is 0 Å². The van der Waals surface area contributed by atoms with Crippen LogP contribution in [0, 0.1) is 5.92 Å². The van der Waals surface area contributed by atoms with Crippen molar-refractivity contribution in [3.63, 3.8) is 0 Å². The second-order valence-corrected chi connectivity index (χ2v) is 5.38. The van der Waals surface area contributed by atoms with Gasteiger partial charge in [-0.1, -0.05) is 26.7 Å². The van der Waals surface area contributed by atoms with Crippen molar-refractivity contribution >= 4 is 0 Å². The maximum absolute atomic E-state index is 3.51. The van der Waals surface area contributed by atoms with E-state index in [2.05, 4.69) is 38.2 Å². The molecule has 0 aliphatic heterocycles. The average molecular weight is 226 g/mol. The SMILES string of the molecule is CCCCN(C)C1CC(CC)CCC1NC. The number of rotatable bonds is 6. The quantitative estimate of drug-likeness (QED) is 0.749. The van der Waals surface area contributed by atoms with E-state index in [1.54, 1.807) is 0 Å². The summed E-state index contributed by atoms with van der Waals surface area (Å²) in [6.07, 6.45) is 8.16. The van der Waals surface area contributed by atoms with Gasteiger partial charge in [-0.15, -0.1) is 0 Å². The Balaban J connectivity index is 2.49. The smallest absolute Gasteiger partial charge is 0.0248 e. The van der Waals surface area contributed by atoms with Gasteiger partial charge in [-0.05, 0) is 52.2 Å². The Hall–Kier alpha value is -0.0800. The lowest BCUT2D eigenvalue weighted by Gasteiger charge is -2.41. The van der Waals surface area contributed by atoms with Crippen LogP contribution in [0.4, 0.5) is 0 Å². The molecule has 1 rings (SSSR count). The van der Waals surface area contributed by atoms with Crippen LogP contribution in [0.1, 0.15) is 52.4 Å². The van der Waals surface area contributed by atoms with Crippen molar-refractivity contribution in [2.45, 2.75) is 64.5 Å². The van der Waals surface area contributed by atoms with Crippen LogP contribution in [0.3, 0.4) is 0 Å². The average Bonchev–Trinajstić information content (AvgIpc) is 2.35. The van der Waals surface area contributed by atoms with Crippen LogP contribution in [0.5, 0.6) is 0 Å². The Morgan fingerprint density at radius 2 is 2.00 bits per heavy atom. The van der Waals surface area contributed by atoms with E-state index in [1.165, 1.54) is 45.1 Å². The fourth-order valence-corrected chi connectivity index (χ4v) is 3.00. The lowest BCUT2D eigenvalue weighted by atomic mass is 9.80. The van der Waals surface area contributed by atoms with Gasteiger partial charge in [0.05, 0.1) is 0 Å². The van der Waals surface area contributed by atoms with Crippen LogP contribution >= 0.6 is 0 Å². The molecular weight excluding hydrogens is 196 g/mol. The molecule has 96 valence electrons. The molecule has 0 heterocycles. The Bertz CT molecular complexity index is 182. The summed E-state index contributed by atoms with van der Waals surface area (Å²) in [6.45, 7) is 5.88. The number of nitrogens with zero attached hydrogens (tertiary/aromatic N) is 1. The zero-order valence-corrected chi connectivity index (χ0v) is 11.6. The van der Waals surface area contributed by atoms with Gasteiger partial charge in [0.15, 0.2) is 0 Å². The summed E-state index contributed by atoms with van der Waals surface area (Å²) in [4.78, 5) is 2.59. The van der Waals surface area contributed by atoms with Gasteiger partial charge in [-0.3, -0.25) is 0 Å². The van der Waals surface area contributed by atoms with Gasteiger partial charge in [0.2, 0.25) is 0 Å². The first-order valence-corrected chi connectivity index (χ1v) is 7.10. The third-order valence-electron chi connectivity index (χ3n) is 4.30. The molecule has 0 saturated heterocycles. The molecule has 0 radical (unpaired) electrons. The van der Waals surface area contributed by atoms with E-state index < -0.39 is 0 Å². The van der Waals surface area contributed by atoms with E-state index in [0.29, 0.717) is 6.04 Å². The van der Waals surface area contributed by atoms with Crippen LogP contribution in [-0.4, -0.2) is 37.6 Å². The van der Waals surface area contributed by atoms with Crippen LogP contribution in [0.25, 0.3) is 0 Å². The molecule has 0 aromatic carbocycles. The van der Waals surface area contributed by atoms with Crippen molar-refractivity contribution in [3.8, 4) is 0 Å². The van der Waals surface area contributed by atoms with Gasteiger partial charge in [0.1, 0.15) is 0 Å². The second-order valence-electron chi connectivity index (χ2n) is 5.38. The van der Waals surface area contributed by atoms with E-state index in [9.17, 15) is 0 Å². The molecule has 1 aliphatic carbocycles. The van der Waals surface area contributed by atoms with E-state index in [-0.39, 0.29) is 0 Å². The minimum absolute atomic E-state index is 0.713. The highest BCUT2D eigenvalue weighted by atomic mass is 15.2. The molecule has 1 aliphatic rings. The third kappa shape index (κ3) is 3.74. The van der Waals surface area contributed by atoms with E-state index in [4.69, 9.17) is 0 Å². The minimum Gasteiger partial charge on any atom is -0.315 e. The van der Waals surface area contributed by atoms with Crippen molar-refractivity contribution in [1.82, 2.24) is 10.2 Å². The summed E-state index contributed by atoms with van der Waals surface area (Å²) < 4.78 is 0. The largest absolute Gasteiger partial charge is 0.315 e. The zero-order chi connectivity index (χ0) is 12.0. The van der Waals surface area contributed by atoms with E-state index in [1.807, 2.05) is 0 Å². The predicted octanol–water partition coefficient (Wildman–Crippen LogP) is 2.89. The van der Waals surface area contributed by atoms with Gasteiger partial charge >= 0.3 is 0 Å². The first-order chi connectivity index (χ1) is 7.72. The molecular formula is C14H30N2. The highest BCUT2D eigenvalue weighted by Crippen LogP contribution is 2.29. The second kappa shape index (κ2) is 7.29. The number of hydrogen-bond acceptors (Lipinski definition) is 2. The van der Waals surface area contributed by atoms with Gasteiger partial charge in [0.25, 0.3) is 0 Å². The number of likely N-dealkylation sites (N-methyl/N-ethyl adjacent to an activating group) is 2. The summed E-state index contributed by atoms with van der Waals surface area (Å²) in [5.74, 6) is 0.957. The van der Waals surface area contributed by atoms with Gasteiger partial charge in [-0.25, -0.2) is 0 Å². The number of unbranched alkanes of at least 4 members (excludes halogenated alkanes) is 1. The maximum atomic E-state index is 3.51. The molecule has 0 spiro atoms. The lowest BCUT2D eigenvalue weighted by Crippen LogP contribution is -2.51. The Morgan fingerprint density at radius 1 is 1.25 bits per heavy atom. The van der Waals surface area contributed by atoms with Gasteiger partial charge in [0, 0.05) is 12.1 Å². The molecule has 0 amide bonds. The molecule has 3 unspecified atom stereocenters. The summed E-state index contributed by atoms with van der Waals surface area (Å²) >= 11 is 0. The first-order valence-electron chi connectivity index (χ1n) is 7.10. The molecule has 0 aromatic heterocycles. The zero-order valence-electron chi connectivity index (χ0n) is 11.6. The molecule has 0 bridgehead atoms. The molecule has 1 N–H and O–H groups in total. The van der Waals surface area contributed by atoms with Crippen LogP contribution in [0.15, 0.2) is 0 Å². The third-order valence-corrected chi connectivity index (χ3v) is 4.30.